The summed E-state index contributed by atoms with van der Waals surface area (Å²) in [4.78, 5) is 49.2. The van der Waals surface area contributed by atoms with E-state index in [-0.39, 0.29) is 89.4 Å². The maximum Gasteiger partial charge on any atom is 0.414 e. The number of anilines is 1. The maximum atomic E-state index is 18.1. The number of ketones is 2. The van der Waals surface area contributed by atoms with E-state index in [0.717, 1.165) is 11.1 Å². The SMILES string of the molecule is CN1CCC2CN(C(=O)OC(C)(C)C)c3c(OCc4ccccc4)c4c(c(F)c3C21)C[C@H]1C[C@H]2[C@H](N)c3onc(OCc5ccccc5)c3C(=O)[C@@]2(O[Si](C)(C)C(C)(C)C)C(O)=C1C4=O. The summed E-state index contributed by atoms with van der Waals surface area (Å²) < 4.78 is 49.9. The number of carbonyl (C=O) groups is 3. The molecule has 1 saturated heterocycles. The van der Waals surface area contributed by atoms with Gasteiger partial charge in [-0.2, -0.15) is 0 Å². The largest absolute Gasteiger partial charge is 0.508 e. The molecule has 3 N–H and O–H groups in total. The van der Waals surface area contributed by atoms with Crippen molar-refractivity contribution in [2.45, 2.75) is 115 Å². The number of amides is 1. The lowest BCUT2D eigenvalue weighted by Crippen LogP contribution is -2.64. The summed E-state index contributed by atoms with van der Waals surface area (Å²) in [6, 6.07) is 17.3. The highest BCUT2D eigenvalue weighted by Crippen LogP contribution is 2.60. The second-order valence-electron chi connectivity index (χ2n) is 20.9. The number of likely N-dealkylation sites (tertiary alicyclic amines) is 1. The summed E-state index contributed by atoms with van der Waals surface area (Å²) in [6.07, 6.45) is 0.0552. The molecule has 0 saturated carbocycles. The Kier molecular flexibility index (Phi) is 11.0. The zero-order valence-electron chi connectivity index (χ0n) is 38.6. The number of aromatic nitrogens is 1. The number of aliphatic hydroxyl groups is 1. The van der Waals surface area contributed by atoms with Crippen LogP contribution in [0.5, 0.6) is 11.6 Å². The molecule has 1 fully saturated rings. The molecule has 0 radical (unpaired) electrons. The van der Waals surface area contributed by atoms with Crippen LogP contribution in [0.4, 0.5) is 14.9 Å². The fourth-order valence-electron chi connectivity index (χ4n) is 10.4. The number of fused-ring (bicyclic) bond motifs is 7. The number of ether oxygens (including phenoxy) is 3. The van der Waals surface area contributed by atoms with Gasteiger partial charge >= 0.3 is 6.09 Å². The standard InChI is InChI=1S/C50H59FN4O9Si/c1-48(2,3)62-47(59)55-24-29-20-21-54(7)39(29)35-37(51)31-22-30-23-32-38(52)42-36(46(53-63-42)61-26-28-18-14-11-15-19-28)45(58)50(32,64-65(8,9)49(4,5)6)44(57)33(30)41(56)34(31)43(40(35)55)60-25-27-16-12-10-13-17-27/h10-19,29-30,32,38-39,57H,20-26,52H2,1-9H3/t29?,30-,32-,38-,39?,50-/m0/s1. The number of carbonyl (C=O) groups excluding carboxylic acids is 3. The number of nitrogens with two attached hydrogens (primary N) is 1. The number of halogens is 1. The third kappa shape index (κ3) is 7.29. The van der Waals surface area contributed by atoms with E-state index in [1.807, 2.05) is 102 Å². The number of hydrogen-bond acceptors (Lipinski definition) is 12. The number of aliphatic hydroxyl groups excluding tert-OH is 1. The summed E-state index contributed by atoms with van der Waals surface area (Å²) in [7, 11) is -1.10. The van der Waals surface area contributed by atoms with Gasteiger partial charge in [0.05, 0.1) is 17.3 Å². The summed E-state index contributed by atoms with van der Waals surface area (Å²) in [6.45, 7) is 16.2. The lowest BCUT2D eigenvalue weighted by Gasteiger charge is -2.54. The van der Waals surface area contributed by atoms with Crippen LogP contribution in [0.15, 0.2) is 76.5 Å². The molecule has 2 unspecified atom stereocenters. The van der Waals surface area contributed by atoms with Gasteiger partial charge in [0.25, 0.3) is 5.88 Å². The average molecular weight is 907 g/mol. The fraction of sp³-hybridized carbons (Fsp3) is 0.480. The Morgan fingerprint density at radius 3 is 2.23 bits per heavy atom. The molecule has 9 rings (SSSR count). The number of benzene rings is 3. The van der Waals surface area contributed by atoms with Crippen molar-refractivity contribution < 1.29 is 47.0 Å². The molecule has 13 nitrogen and oxygen atoms in total. The Morgan fingerprint density at radius 2 is 1.62 bits per heavy atom. The zero-order chi connectivity index (χ0) is 46.5. The first-order chi connectivity index (χ1) is 30.6. The van der Waals surface area contributed by atoms with E-state index in [4.69, 9.17) is 28.9 Å². The molecule has 1 amide bonds. The molecule has 3 heterocycles. The number of nitrogens with zero attached hydrogens (tertiary/aromatic N) is 3. The van der Waals surface area contributed by atoms with Gasteiger partial charge < -0.3 is 34.0 Å². The monoisotopic (exact) mass is 906 g/mol. The molecule has 1 aromatic heterocycles. The van der Waals surface area contributed by atoms with Crippen LogP contribution in [0.2, 0.25) is 18.1 Å². The first kappa shape index (κ1) is 44.8. The van der Waals surface area contributed by atoms with Crippen LogP contribution in [0, 0.1) is 23.6 Å². The predicted molar refractivity (Wildman–Crippen MR) is 243 cm³/mol. The molecule has 6 atom stereocenters. The first-order valence-electron chi connectivity index (χ1n) is 22.6. The summed E-state index contributed by atoms with van der Waals surface area (Å²) in [5.74, 6) is -4.45. The third-order valence-corrected chi connectivity index (χ3v) is 19.0. The van der Waals surface area contributed by atoms with E-state index >= 15 is 14.0 Å². The van der Waals surface area contributed by atoms with Gasteiger partial charge in [-0.15, -0.1) is 0 Å². The van der Waals surface area contributed by atoms with Crippen molar-refractivity contribution in [3.05, 3.63) is 117 Å². The van der Waals surface area contributed by atoms with Crippen molar-refractivity contribution in [3.63, 3.8) is 0 Å². The Balaban J connectivity index is 1.26. The number of rotatable bonds is 8. The Hall–Kier alpha value is -5.35. The van der Waals surface area contributed by atoms with Crippen molar-refractivity contribution in [2.75, 3.05) is 25.0 Å². The van der Waals surface area contributed by atoms with E-state index in [0.29, 0.717) is 13.0 Å². The van der Waals surface area contributed by atoms with Crippen molar-refractivity contribution >= 4 is 31.7 Å². The number of Topliss-reactive ketones (excluding diaryl/α,β-unsaturated/α-hetero) is 2. The molecule has 0 spiro atoms. The highest BCUT2D eigenvalue weighted by atomic mass is 28.4. The molecule has 3 aromatic carbocycles. The summed E-state index contributed by atoms with van der Waals surface area (Å²) >= 11 is 0. The third-order valence-electron chi connectivity index (χ3n) is 14.5. The minimum Gasteiger partial charge on any atom is -0.508 e. The molecule has 4 aromatic rings. The highest BCUT2D eigenvalue weighted by Gasteiger charge is 2.67. The van der Waals surface area contributed by atoms with Crippen LogP contribution in [-0.2, 0) is 28.8 Å². The normalized spacial score (nSPS) is 25.3. The van der Waals surface area contributed by atoms with Gasteiger partial charge in [-0.25, -0.2) is 9.18 Å². The number of hydrogen-bond donors (Lipinski definition) is 2. The van der Waals surface area contributed by atoms with E-state index in [9.17, 15) is 9.90 Å². The first-order valence-corrected chi connectivity index (χ1v) is 25.5. The van der Waals surface area contributed by atoms with E-state index < -0.39 is 77.7 Å². The smallest absolute Gasteiger partial charge is 0.414 e. The van der Waals surface area contributed by atoms with E-state index in [1.165, 1.54) is 4.90 Å². The van der Waals surface area contributed by atoms with Crippen LogP contribution in [-0.4, -0.2) is 72.5 Å². The lowest BCUT2D eigenvalue weighted by atomic mass is 9.59. The minimum absolute atomic E-state index is 0.0136. The van der Waals surface area contributed by atoms with Crippen molar-refractivity contribution in [3.8, 4) is 11.6 Å². The predicted octanol–water partition coefficient (Wildman–Crippen LogP) is 9.56. The molecule has 15 heteroatoms. The van der Waals surface area contributed by atoms with E-state index in [1.54, 1.807) is 20.8 Å². The molecular weight excluding hydrogens is 848 g/mol. The van der Waals surface area contributed by atoms with Gasteiger partial charge in [0.15, 0.2) is 31.2 Å². The highest BCUT2D eigenvalue weighted by molar-refractivity contribution is 6.74. The maximum absolute atomic E-state index is 18.1. The molecular formula is C50H59FN4O9Si. The minimum atomic E-state index is -3.03. The molecule has 3 aliphatic carbocycles. The van der Waals surface area contributed by atoms with Crippen molar-refractivity contribution in [1.82, 2.24) is 10.1 Å². The lowest BCUT2D eigenvalue weighted by molar-refractivity contribution is -0.0274. The Labute approximate surface area is 380 Å². The molecule has 5 aliphatic rings. The Bertz CT molecular complexity index is 2600. The van der Waals surface area contributed by atoms with Crippen molar-refractivity contribution in [2.24, 2.45) is 23.5 Å². The van der Waals surface area contributed by atoms with Crippen LogP contribution in [0.25, 0.3) is 0 Å². The zero-order valence-corrected chi connectivity index (χ0v) is 39.6. The fourth-order valence-corrected chi connectivity index (χ4v) is 11.9. The molecule has 2 aliphatic heterocycles. The van der Waals surface area contributed by atoms with Gasteiger partial charge in [0.2, 0.25) is 5.78 Å². The number of allylic oxidation sites excluding steroid dienone is 1. The second kappa shape index (κ2) is 15.9. The summed E-state index contributed by atoms with van der Waals surface area (Å²) in [5.41, 5.74) is 5.93. The van der Waals surface area contributed by atoms with Gasteiger partial charge in [0, 0.05) is 35.2 Å². The van der Waals surface area contributed by atoms with Gasteiger partial charge in [0.1, 0.15) is 36.0 Å². The second-order valence-corrected chi connectivity index (χ2v) is 25.6. The molecule has 344 valence electrons. The Morgan fingerprint density at radius 1 is 0.985 bits per heavy atom. The van der Waals surface area contributed by atoms with E-state index in [2.05, 4.69) is 10.1 Å². The quantitative estimate of drug-likeness (QED) is 0.161. The average Bonchev–Trinajstić information content (AvgIpc) is 3.85. The van der Waals surface area contributed by atoms with Gasteiger partial charge in [-0.05, 0) is 99.9 Å². The van der Waals surface area contributed by atoms with Crippen LogP contribution in [0.1, 0.15) is 115 Å². The summed E-state index contributed by atoms with van der Waals surface area (Å²) in [5, 5.41) is 16.8. The van der Waals surface area contributed by atoms with Crippen LogP contribution >= 0.6 is 0 Å². The molecule has 65 heavy (non-hydrogen) atoms. The van der Waals surface area contributed by atoms with Gasteiger partial charge in [-0.3, -0.25) is 19.4 Å². The topological polar surface area (TPSA) is 167 Å². The molecule has 0 bridgehead atoms. The van der Waals surface area contributed by atoms with Crippen LogP contribution in [0.3, 0.4) is 0 Å². The van der Waals surface area contributed by atoms with Crippen molar-refractivity contribution in [1.29, 1.82) is 0 Å². The van der Waals surface area contributed by atoms with Gasteiger partial charge in [-0.1, -0.05) is 81.4 Å². The van der Waals surface area contributed by atoms with Crippen LogP contribution < -0.4 is 20.1 Å².